The lowest BCUT2D eigenvalue weighted by atomic mass is 10.0. The summed E-state index contributed by atoms with van der Waals surface area (Å²) in [7, 11) is 0. The first-order valence-corrected chi connectivity index (χ1v) is 7.50. The molecular formula is C15H25N3O. The van der Waals surface area contributed by atoms with Gasteiger partial charge in [-0.25, -0.2) is 9.97 Å². The second-order valence-corrected chi connectivity index (χ2v) is 5.24. The quantitative estimate of drug-likeness (QED) is 0.783. The lowest BCUT2D eigenvalue weighted by Gasteiger charge is -2.19. The van der Waals surface area contributed by atoms with Crippen LogP contribution < -0.4 is 5.32 Å². The van der Waals surface area contributed by atoms with Gasteiger partial charge in [-0.05, 0) is 45.1 Å². The summed E-state index contributed by atoms with van der Waals surface area (Å²) in [6.07, 6.45) is 13.1. The van der Waals surface area contributed by atoms with Crippen LogP contribution in [0, 0.1) is 0 Å². The summed E-state index contributed by atoms with van der Waals surface area (Å²) in [4.78, 5) is 8.25. The van der Waals surface area contributed by atoms with E-state index in [-0.39, 0.29) is 0 Å². The van der Waals surface area contributed by atoms with E-state index in [0.29, 0.717) is 12.1 Å². The van der Waals surface area contributed by atoms with Gasteiger partial charge in [0.15, 0.2) is 0 Å². The van der Waals surface area contributed by atoms with Gasteiger partial charge in [0.1, 0.15) is 6.33 Å². The Morgan fingerprint density at radius 2 is 2.26 bits per heavy atom. The molecule has 4 nitrogen and oxygen atoms in total. The number of rotatable bonds is 8. The Labute approximate surface area is 116 Å². The third-order valence-corrected chi connectivity index (χ3v) is 3.67. The lowest BCUT2D eigenvalue weighted by Crippen LogP contribution is -2.22. The van der Waals surface area contributed by atoms with Crippen molar-refractivity contribution in [2.24, 2.45) is 0 Å². The Morgan fingerprint density at radius 1 is 1.42 bits per heavy atom. The monoisotopic (exact) mass is 263 g/mol. The van der Waals surface area contributed by atoms with E-state index in [4.69, 9.17) is 4.74 Å². The second-order valence-electron chi connectivity index (χ2n) is 5.24. The SMILES string of the molecule is CCCNC(CCCC1CCCO1)c1cncnc1. The topological polar surface area (TPSA) is 47.0 Å². The minimum absolute atomic E-state index is 0.377. The van der Waals surface area contributed by atoms with Crippen LogP contribution >= 0.6 is 0 Å². The highest BCUT2D eigenvalue weighted by Crippen LogP contribution is 2.22. The first-order chi connectivity index (χ1) is 9.40. The summed E-state index contributed by atoms with van der Waals surface area (Å²) in [5, 5.41) is 3.59. The molecule has 0 bridgehead atoms. The molecule has 2 atom stereocenters. The number of ether oxygens (including phenoxy) is 1. The Morgan fingerprint density at radius 3 is 2.95 bits per heavy atom. The molecule has 0 amide bonds. The Hall–Kier alpha value is -1.00. The lowest BCUT2D eigenvalue weighted by molar-refractivity contribution is 0.101. The number of hydrogen-bond donors (Lipinski definition) is 1. The molecule has 1 aliphatic rings. The second kappa shape index (κ2) is 8.23. The molecule has 0 aliphatic carbocycles. The molecule has 1 fully saturated rings. The van der Waals surface area contributed by atoms with E-state index < -0.39 is 0 Å². The van der Waals surface area contributed by atoms with E-state index in [0.717, 1.165) is 26.0 Å². The molecule has 1 aliphatic heterocycles. The third-order valence-electron chi connectivity index (χ3n) is 3.67. The van der Waals surface area contributed by atoms with Crippen LogP contribution in [-0.2, 0) is 4.74 Å². The van der Waals surface area contributed by atoms with E-state index in [9.17, 15) is 0 Å². The summed E-state index contributed by atoms with van der Waals surface area (Å²) in [5.41, 5.74) is 1.20. The average Bonchev–Trinajstić information content (AvgIpc) is 2.97. The van der Waals surface area contributed by atoms with Crippen molar-refractivity contribution in [2.75, 3.05) is 13.2 Å². The van der Waals surface area contributed by atoms with Crippen molar-refractivity contribution in [3.63, 3.8) is 0 Å². The van der Waals surface area contributed by atoms with Crippen LogP contribution in [0.5, 0.6) is 0 Å². The van der Waals surface area contributed by atoms with E-state index in [1.807, 2.05) is 12.4 Å². The fourth-order valence-electron chi connectivity index (χ4n) is 2.62. The third kappa shape index (κ3) is 4.88. The smallest absolute Gasteiger partial charge is 0.115 e. The fraction of sp³-hybridized carbons (Fsp3) is 0.733. The largest absolute Gasteiger partial charge is 0.378 e. The minimum Gasteiger partial charge on any atom is -0.378 e. The zero-order valence-corrected chi connectivity index (χ0v) is 11.8. The van der Waals surface area contributed by atoms with E-state index in [1.54, 1.807) is 6.33 Å². The van der Waals surface area contributed by atoms with Gasteiger partial charge in [-0.2, -0.15) is 0 Å². The Kier molecular flexibility index (Phi) is 6.24. The van der Waals surface area contributed by atoms with Crippen molar-refractivity contribution in [2.45, 2.75) is 57.6 Å². The van der Waals surface area contributed by atoms with Gasteiger partial charge < -0.3 is 10.1 Å². The van der Waals surface area contributed by atoms with Crippen LogP contribution in [0.2, 0.25) is 0 Å². The molecule has 1 saturated heterocycles. The van der Waals surface area contributed by atoms with Crippen LogP contribution in [0.3, 0.4) is 0 Å². The zero-order valence-electron chi connectivity index (χ0n) is 11.8. The predicted octanol–water partition coefficient (Wildman–Crippen LogP) is 2.87. The minimum atomic E-state index is 0.377. The van der Waals surface area contributed by atoms with Crippen molar-refractivity contribution < 1.29 is 4.74 Å². The Balaban J connectivity index is 1.79. The van der Waals surface area contributed by atoms with Crippen molar-refractivity contribution in [1.29, 1.82) is 0 Å². The number of nitrogens with one attached hydrogen (secondary N) is 1. The van der Waals surface area contributed by atoms with E-state index in [1.165, 1.54) is 31.2 Å². The van der Waals surface area contributed by atoms with Crippen LogP contribution in [0.25, 0.3) is 0 Å². The molecule has 1 aromatic heterocycles. The molecule has 19 heavy (non-hydrogen) atoms. The highest BCUT2D eigenvalue weighted by Gasteiger charge is 2.17. The van der Waals surface area contributed by atoms with Crippen LogP contribution in [-0.4, -0.2) is 29.2 Å². The van der Waals surface area contributed by atoms with Gasteiger partial charge in [-0.15, -0.1) is 0 Å². The van der Waals surface area contributed by atoms with Gasteiger partial charge in [-0.3, -0.25) is 0 Å². The predicted molar refractivity (Wildman–Crippen MR) is 75.9 cm³/mol. The number of nitrogens with zero attached hydrogens (tertiary/aromatic N) is 2. The first kappa shape index (κ1) is 14.4. The molecule has 2 rings (SSSR count). The van der Waals surface area contributed by atoms with E-state index >= 15 is 0 Å². The molecule has 106 valence electrons. The molecule has 0 spiro atoms. The molecular weight excluding hydrogens is 238 g/mol. The molecule has 2 unspecified atom stereocenters. The van der Waals surface area contributed by atoms with Gasteiger partial charge in [0.25, 0.3) is 0 Å². The van der Waals surface area contributed by atoms with Crippen molar-refractivity contribution in [1.82, 2.24) is 15.3 Å². The number of hydrogen-bond acceptors (Lipinski definition) is 4. The van der Waals surface area contributed by atoms with Crippen molar-refractivity contribution in [3.05, 3.63) is 24.3 Å². The molecule has 0 saturated carbocycles. The maximum atomic E-state index is 5.68. The van der Waals surface area contributed by atoms with Crippen molar-refractivity contribution >= 4 is 0 Å². The van der Waals surface area contributed by atoms with Gasteiger partial charge in [0.2, 0.25) is 0 Å². The maximum Gasteiger partial charge on any atom is 0.115 e. The van der Waals surface area contributed by atoms with Gasteiger partial charge >= 0.3 is 0 Å². The van der Waals surface area contributed by atoms with Crippen LogP contribution in [0.1, 0.15) is 57.1 Å². The number of aromatic nitrogens is 2. The fourth-order valence-corrected chi connectivity index (χ4v) is 2.62. The standard InChI is InChI=1S/C15H25N3O/c1-2-8-18-15(13-10-16-12-17-11-13)7-3-5-14-6-4-9-19-14/h10-12,14-15,18H,2-9H2,1H3. The normalized spacial score (nSPS) is 20.6. The van der Waals surface area contributed by atoms with Crippen molar-refractivity contribution in [3.8, 4) is 0 Å². The maximum absolute atomic E-state index is 5.68. The summed E-state index contributed by atoms with van der Waals surface area (Å²) in [6, 6.07) is 0.377. The molecule has 1 aromatic rings. The molecule has 0 radical (unpaired) electrons. The molecule has 4 heteroatoms. The summed E-state index contributed by atoms with van der Waals surface area (Å²) in [6.45, 7) is 4.19. The molecule has 0 aromatic carbocycles. The molecule has 2 heterocycles. The highest BCUT2D eigenvalue weighted by atomic mass is 16.5. The molecule has 1 N–H and O–H groups in total. The average molecular weight is 263 g/mol. The Bertz CT molecular complexity index is 339. The summed E-state index contributed by atoms with van der Waals surface area (Å²) >= 11 is 0. The van der Waals surface area contributed by atoms with Crippen LogP contribution in [0.4, 0.5) is 0 Å². The van der Waals surface area contributed by atoms with Gasteiger partial charge in [-0.1, -0.05) is 6.92 Å². The highest BCUT2D eigenvalue weighted by molar-refractivity contribution is 5.08. The van der Waals surface area contributed by atoms with Gasteiger partial charge in [0.05, 0.1) is 6.10 Å². The van der Waals surface area contributed by atoms with Gasteiger partial charge in [0, 0.05) is 30.6 Å². The van der Waals surface area contributed by atoms with E-state index in [2.05, 4.69) is 22.2 Å². The summed E-state index contributed by atoms with van der Waals surface area (Å²) in [5.74, 6) is 0. The summed E-state index contributed by atoms with van der Waals surface area (Å²) < 4.78 is 5.68. The van der Waals surface area contributed by atoms with Crippen LogP contribution in [0.15, 0.2) is 18.7 Å². The zero-order chi connectivity index (χ0) is 13.3. The first-order valence-electron chi connectivity index (χ1n) is 7.50.